The summed E-state index contributed by atoms with van der Waals surface area (Å²) in [7, 11) is 0. The Kier molecular flexibility index (Phi) is 3.89. The number of hydrogen-bond donors (Lipinski definition) is 1. The minimum absolute atomic E-state index is 0.0202. The molecule has 0 unspecified atom stereocenters. The Hall–Kier alpha value is -1.75. The van der Waals surface area contributed by atoms with Crippen LogP contribution in [0.4, 0.5) is 0 Å². The third-order valence-electron chi connectivity index (χ3n) is 5.22. The number of hydrogen-bond acceptors (Lipinski definition) is 4. The topological polar surface area (TPSA) is 50.8 Å². The highest BCUT2D eigenvalue weighted by Gasteiger charge is 2.44. The average Bonchev–Trinajstić information content (AvgIpc) is 3.18. The molecule has 1 amide bonds. The number of piperidine rings is 1. The molecular weight excluding hydrogens is 292 g/mol. The van der Waals surface area contributed by atoms with Crippen LogP contribution in [0.25, 0.3) is 0 Å². The monoisotopic (exact) mass is 316 g/mol. The van der Waals surface area contributed by atoms with Gasteiger partial charge in [-0.2, -0.15) is 0 Å². The molecule has 5 nitrogen and oxygen atoms in total. The number of benzene rings is 1. The van der Waals surface area contributed by atoms with Crippen LogP contribution in [0.3, 0.4) is 0 Å². The molecule has 2 fully saturated rings. The number of ether oxygens (including phenoxy) is 2. The maximum atomic E-state index is 12.4. The van der Waals surface area contributed by atoms with Gasteiger partial charge in [-0.05, 0) is 57.0 Å². The van der Waals surface area contributed by atoms with Crippen molar-refractivity contribution in [2.45, 2.75) is 32.1 Å². The second-order valence-electron chi connectivity index (χ2n) is 7.09. The summed E-state index contributed by atoms with van der Waals surface area (Å²) >= 11 is 0. The molecule has 124 valence electrons. The molecule has 1 aromatic carbocycles. The van der Waals surface area contributed by atoms with E-state index in [0.29, 0.717) is 22.5 Å². The molecule has 0 aromatic heterocycles. The highest BCUT2D eigenvalue weighted by Crippen LogP contribution is 2.46. The lowest BCUT2D eigenvalue weighted by molar-refractivity contribution is 0.0935. The first-order chi connectivity index (χ1) is 11.2. The van der Waals surface area contributed by atoms with Crippen LogP contribution >= 0.6 is 0 Å². The van der Waals surface area contributed by atoms with Gasteiger partial charge in [-0.15, -0.1) is 0 Å². The third kappa shape index (κ3) is 3.29. The minimum Gasteiger partial charge on any atom is -0.454 e. The van der Waals surface area contributed by atoms with Gasteiger partial charge in [0.15, 0.2) is 11.5 Å². The lowest BCUT2D eigenvalue weighted by Gasteiger charge is -2.30. The molecule has 1 N–H and O–H groups in total. The molecular formula is C18H24N2O3. The quantitative estimate of drug-likeness (QED) is 0.906. The van der Waals surface area contributed by atoms with Gasteiger partial charge in [-0.25, -0.2) is 0 Å². The molecule has 2 heterocycles. The van der Waals surface area contributed by atoms with Gasteiger partial charge < -0.3 is 19.7 Å². The summed E-state index contributed by atoms with van der Waals surface area (Å²) in [6, 6.07) is 5.37. The van der Waals surface area contributed by atoms with E-state index in [-0.39, 0.29) is 12.7 Å². The number of nitrogens with zero attached hydrogens (tertiary/aromatic N) is 1. The van der Waals surface area contributed by atoms with Crippen LogP contribution in [-0.2, 0) is 0 Å². The molecule has 0 atom stereocenters. The predicted octanol–water partition coefficient (Wildman–Crippen LogP) is 2.41. The van der Waals surface area contributed by atoms with Crippen molar-refractivity contribution in [3.63, 3.8) is 0 Å². The number of amides is 1. The third-order valence-corrected chi connectivity index (χ3v) is 5.22. The van der Waals surface area contributed by atoms with Gasteiger partial charge >= 0.3 is 0 Å². The van der Waals surface area contributed by atoms with Crippen molar-refractivity contribution in [2.75, 3.05) is 33.0 Å². The van der Waals surface area contributed by atoms with E-state index in [4.69, 9.17) is 9.47 Å². The fourth-order valence-electron chi connectivity index (χ4n) is 3.57. The summed E-state index contributed by atoms with van der Waals surface area (Å²) in [5.41, 5.74) is 0.951. The zero-order chi connectivity index (χ0) is 15.7. The normalized spacial score (nSPS) is 21.9. The molecule has 1 saturated heterocycles. The van der Waals surface area contributed by atoms with Gasteiger partial charge in [-0.3, -0.25) is 4.79 Å². The van der Waals surface area contributed by atoms with E-state index in [1.54, 1.807) is 18.2 Å². The smallest absolute Gasteiger partial charge is 0.251 e. The summed E-state index contributed by atoms with van der Waals surface area (Å²) in [5, 5.41) is 3.12. The predicted molar refractivity (Wildman–Crippen MR) is 86.9 cm³/mol. The molecule has 23 heavy (non-hydrogen) atoms. The number of rotatable bonds is 5. The molecule has 0 bridgehead atoms. The zero-order valence-electron chi connectivity index (χ0n) is 13.5. The van der Waals surface area contributed by atoms with Gasteiger partial charge in [0.1, 0.15) is 0 Å². The Morgan fingerprint density at radius 2 is 1.91 bits per heavy atom. The van der Waals surface area contributed by atoms with E-state index in [0.717, 1.165) is 13.1 Å². The van der Waals surface area contributed by atoms with Crippen LogP contribution in [0.5, 0.6) is 11.5 Å². The van der Waals surface area contributed by atoms with E-state index >= 15 is 0 Å². The van der Waals surface area contributed by atoms with Crippen molar-refractivity contribution in [3.05, 3.63) is 23.8 Å². The van der Waals surface area contributed by atoms with Crippen molar-refractivity contribution < 1.29 is 14.3 Å². The molecule has 0 radical (unpaired) electrons. The van der Waals surface area contributed by atoms with Crippen LogP contribution < -0.4 is 14.8 Å². The highest BCUT2D eigenvalue weighted by molar-refractivity contribution is 5.95. The number of fused-ring (bicyclic) bond motifs is 1. The molecule has 2 aliphatic heterocycles. The standard InChI is InChI=1S/C18H24N2O3/c21-17(14-4-5-15-16(10-14)23-13-22-15)19-11-18(6-7-18)12-20-8-2-1-3-9-20/h4-5,10H,1-3,6-9,11-13H2,(H,19,21). The molecule has 5 heteroatoms. The van der Waals surface area contributed by atoms with Crippen molar-refractivity contribution in [2.24, 2.45) is 5.41 Å². The number of likely N-dealkylation sites (tertiary alicyclic amines) is 1. The van der Waals surface area contributed by atoms with E-state index in [2.05, 4.69) is 10.2 Å². The van der Waals surface area contributed by atoms with Crippen molar-refractivity contribution >= 4 is 5.91 Å². The van der Waals surface area contributed by atoms with Gasteiger partial charge in [0.05, 0.1) is 0 Å². The van der Waals surface area contributed by atoms with Crippen LogP contribution in [0.2, 0.25) is 0 Å². The second-order valence-corrected chi connectivity index (χ2v) is 7.09. The zero-order valence-corrected chi connectivity index (χ0v) is 13.5. The molecule has 3 aliphatic rings. The Morgan fingerprint density at radius 3 is 2.70 bits per heavy atom. The lowest BCUT2D eigenvalue weighted by atomic mass is 10.0. The van der Waals surface area contributed by atoms with Gasteiger partial charge in [0, 0.05) is 24.1 Å². The maximum absolute atomic E-state index is 12.4. The summed E-state index contributed by atoms with van der Waals surface area (Å²) in [6.07, 6.45) is 6.46. The van der Waals surface area contributed by atoms with Crippen molar-refractivity contribution in [3.8, 4) is 11.5 Å². The Bertz CT molecular complexity index is 592. The Balaban J connectivity index is 1.32. The van der Waals surface area contributed by atoms with E-state index in [9.17, 15) is 4.79 Å². The largest absolute Gasteiger partial charge is 0.454 e. The number of carbonyl (C=O) groups excluding carboxylic acids is 1. The number of carbonyl (C=O) groups is 1. The van der Waals surface area contributed by atoms with Gasteiger partial charge in [0.2, 0.25) is 6.79 Å². The summed E-state index contributed by atoms with van der Waals surface area (Å²) in [4.78, 5) is 15.0. The van der Waals surface area contributed by atoms with Crippen molar-refractivity contribution in [1.82, 2.24) is 10.2 Å². The first kappa shape index (κ1) is 14.8. The maximum Gasteiger partial charge on any atom is 0.251 e. The van der Waals surface area contributed by atoms with Crippen LogP contribution in [0.15, 0.2) is 18.2 Å². The van der Waals surface area contributed by atoms with E-state index in [1.807, 2.05) is 0 Å². The van der Waals surface area contributed by atoms with Crippen LogP contribution in [0.1, 0.15) is 42.5 Å². The fraction of sp³-hybridized carbons (Fsp3) is 0.611. The molecule has 1 saturated carbocycles. The average molecular weight is 316 g/mol. The molecule has 4 rings (SSSR count). The molecule has 0 spiro atoms. The summed E-state index contributed by atoms with van der Waals surface area (Å²) in [6.45, 7) is 4.58. The Labute approximate surface area is 136 Å². The summed E-state index contributed by atoms with van der Waals surface area (Å²) in [5.74, 6) is 1.35. The Morgan fingerprint density at radius 1 is 1.13 bits per heavy atom. The van der Waals surface area contributed by atoms with Gasteiger partial charge in [0.25, 0.3) is 5.91 Å². The summed E-state index contributed by atoms with van der Waals surface area (Å²) < 4.78 is 10.6. The van der Waals surface area contributed by atoms with E-state index < -0.39 is 0 Å². The lowest BCUT2D eigenvalue weighted by Crippen LogP contribution is -2.40. The molecule has 1 aliphatic carbocycles. The first-order valence-electron chi connectivity index (χ1n) is 8.64. The van der Waals surface area contributed by atoms with Crippen molar-refractivity contribution in [1.29, 1.82) is 0 Å². The highest BCUT2D eigenvalue weighted by atomic mass is 16.7. The van der Waals surface area contributed by atoms with E-state index in [1.165, 1.54) is 45.2 Å². The SMILES string of the molecule is O=C(NCC1(CN2CCCCC2)CC1)c1ccc2c(c1)OCO2. The fourth-order valence-corrected chi connectivity index (χ4v) is 3.57. The number of nitrogens with one attached hydrogen (secondary N) is 1. The second kappa shape index (κ2) is 6.04. The minimum atomic E-state index is -0.0202. The van der Waals surface area contributed by atoms with Crippen LogP contribution in [0, 0.1) is 5.41 Å². The van der Waals surface area contributed by atoms with Gasteiger partial charge in [-0.1, -0.05) is 6.42 Å². The molecule has 1 aromatic rings. The van der Waals surface area contributed by atoms with Crippen LogP contribution in [-0.4, -0.2) is 43.8 Å². The first-order valence-corrected chi connectivity index (χ1v) is 8.64.